The summed E-state index contributed by atoms with van der Waals surface area (Å²) in [6, 6.07) is 11.6. The summed E-state index contributed by atoms with van der Waals surface area (Å²) in [7, 11) is 1.66. The van der Waals surface area contributed by atoms with Crippen LogP contribution in [-0.4, -0.2) is 19.7 Å². The third-order valence-electron chi connectivity index (χ3n) is 3.83. The Bertz CT molecular complexity index is 768. The van der Waals surface area contributed by atoms with E-state index in [4.69, 9.17) is 26.8 Å². The van der Waals surface area contributed by atoms with Gasteiger partial charge in [-0.05, 0) is 23.8 Å². The number of benzene rings is 2. The van der Waals surface area contributed by atoms with Crippen LogP contribution in [0, 0.1) is 0 Å². The van der Waals surface area contributed by atoms with Crippen LogP contribution in [-0.2, 0) is 24.3 Å². The second-order valence-corrected chi connectivity index (χ2v) is 6.00. The first-order valence-corrected chi connectivity index (χ1v) is 8.13. The highest BCUT2D eigenvalue weighted by atomic mass is 127. The van der Waals surface area contributed by atoms with Gasteiger partial charge in [-0.1, -0.05) is 29.8 Å². The normalized spacial score (nSPS) is 13.0. The van der Waals surface area contributed by atoms with Crippen molar-refractivity contribution in [2.45, 2.75) is 19.6 Å². The van der Waals surface area contributed by atoms with Crippen LogP contribution in [0.1, 0.15) is 16.7 Å². The number of rotatable bonds is 5. The average Bonchev–Trinajstić information content (AvgIpc) is 3.03. The van der Waals surface area contributed by atoms with Crippen LogP contribution in [0.4, 0.5) is 5.69 Å². The van der Waals surface area contributed by atoms with Crippen LogP contribution >= 0.6 is 35.6 Å². The summed E-state index contributed by atoms with van der Waals surface area (Å²) in [6.45, 7) is 1.60. The van der Waals surface area contributed by atoms with E-state index in [-0.39, 0.29) is 24.0 Å². The third kappa shape index (κ3) is 4.99. The zero-order chi connectivity index (χ0) is 16.9. The number of ether oxygens (including phenoxy) is 2. The number of guanidine groups is 1. The Balaban J connectivity index is 0.00000225. The number of anilines is 1. The van der Waals surface area contributed by atoms with Gasteiger partial charge in [-0.15, -0.1) is 24.0 Å². The summed E-state index contributed by atoms with van der Waals surface area (Å²) in [5, 5.41) is 3.82. The van der Waals surface area contributed by atoms with Crippen molar-refractivity contribution in [3.05, 3.63) is 58.1 Å². The smallest absolute Gasteiger partial charge is 0.193 e. The zero-order valence-electron chi connectivity index (χ0n) is 13.9. The second-order valence-electron chi connectivity index (χ2n) is 5.57. The van der Waals surface area contributed by atoms with E-state index in [9.17, 15) is 0 Å². The van der Waals surface area contributed by atoms with E-state index in [1.54, 1.807) is 7.11 Å². The molecule has 0 aromatic heterocycles. The number of para-hydroxylation sites is 1. The maximum Gasteiger partial charge on any atom is 0.193 e. The lowest BCUT2D eigenvalue weighted by atomic mass is 10.1. The number of nitrogens with zero attached hydrogens (tertiary/aromatic N) is 1. The number of methoxy groups -OCH3 is 1. The van der Waals surface area contributed by atoms with Crippen molar-refractivity contribution >= 4 is 47.2 Å². The molecule has 0 saturated heterocycles. The van der Waals surface area contributed by atoms with Crippen LogP contribution in [0.2, 0.25) is 5.02 Å². The zero-order valence-corrected chi connectivity index (χ0v) is 17.0. The third-order valence-corrected chi connectivity index (χ3v) is 4.04. The molecule has 1 heterocycles. The van der Waals surface area contributed by atoms with Gasteiger partial charge in [0.1, 0.15) is 5.75 Å². The first-order valence-electron chi connectivity index (χ1n) is 7.75. The molecule has 0 bridgehead atoms. The van der Waals surface area contributed by atoms with Crippen molar-refractivity contribution in [3.63, 3.8) is 0 Å². The van der Waals surface area contributed by atoms with Crippen LogP contribution < -0.4 is 15.8 Å². The van der Waals surface area contributed by atoms with Gasteiger partial charge in [0.15, 0.2) is 5.96 Å². The van der Waals surface area contributed by atoms with Gasteiger partial charge in [0.2, 0.25) is 0 Å². The first-order chi connectivity index (χ1) is 11.7. The topological polar surface area (TPSA) is 68.9 Å². The van der Waals surface area contributed by atoms with Crippen molar-refractivity contribution in [3.8, 4) is 5.75 Å². The molecular formula is C18H21ClIN3O2. The molecule has 5 nitrogen and oxygen atoms in total. The fourth-order valence-corrected chi connectivity index (χ4v) is 3.00. The minimum absolute atomic E-state index is 0. The molecule has 2 aromatic carbocycles. The predicted octanol–water partition coefficient (Wildman–Crippen LogP) is 3.97. The fraction of sp³-hybridized carbons (Fsp3) is 0.278. The summed E-state index contributed by atoms with van der Waals surface area (Å²) in [5.41, 5.74) is 10.0. The molecular weight excluding hydrogens is 453 g/mol. The predicted molar refractivity (Wildman–Crippen MR) is 112 cm³/mol. The molecule has 0 atom stereocenters. The van der Waals surface area contributed by atoms with E-state index >= 15 is 0 Å². The van der Waals surface area contributed by atoms with E-state index in [0.29, 0.717) is 30.7 Å². The highest BCUT2D eigenvalue weighted by Crippen LogP contribution is 2.33. The minimum atomic E-state index is 0. The summed E-state index contributed by atoms with van der Waals surface area (Å²) in [4.78, 5) is 4.41. The van der Waals surface area contributed by atoms with Gasteiger partial charge < -0.3 is 20.5 Å². The summed E-state index contributed by atoms with van der Waals surface area (Å²) in [5.74, 6) is 1.22. The Kier molecular flexibility index (Phi) is 7.34. The second kappa shape index (κ2) is 9.26. The SMILES string of the molecule is COCc1ccccc1NC(N)=NCc1cc(Cl)cc2c1OCC2.I. The summed E-state index contributed by atoms with van der Waals surface area (Å²) < 4.78 is 10.9. The van der Waals surface area contributed by atoms with Crippen LogP contribution in [0.3, 0.4) is 0 Å². The van der Waals surface area contributed by atoms with E-state index in [2.05, 4.69) is 10.3 Å². The van der Waals surface area contributed by atoms with Gasteiger partial charge in [0, 0.05) is 35.4 Å². The number of nitrogens with one attached hydrogen (secondary N) is 1. The number of aliphatic imine (C=N–C) groups is 1. The molecule has 1 aliphatic heterocycles. The quantitative estimate of drug-likeness (QED) is 0.392. The Morgan fingerprint density at radius 3 is 2.92 bits per heavy atom. The molecule has 0 radical (unpaired) electrons. The number of nitrogens with two attached hydrogens (primary N) is 1. The van der Waals surface area contributed by atoms with Crippen molar-refractivity contribution in [2.24, 2.45) is 10.7 Å². The Labute approximate surface area is 169 Å². The maximum absolute atomic E-state index is 6.16. The molecule has 2 aromatic rings. The highest BCUT2D eigenvalue weighted by Gasteiger charge is 2.17. The maximum atomic E-state index is 6.16. The fourth-order valence-electron chi connectivity index (χ4n) is 2.73. The van der Waals surface area contributed by atoms with Gasteiger partial charge in [-0.2, -0.15) is 0 Å². The minimum Gasteiger partial charge on any atom is -0.493 e. The molecule has 3 rings (SSSR count). The molecule has 3 N–H and O–H groups in total. The molecule has 0 saturated carbocycles. The van der Waals surface area contributed by atoms with Crippen LogP contribution in [0.25, 0.3) is 0 Å². The average molecular weight is 474 g/mol. The van der Waals surface area contributed by atoms with Gasteiger partial charge >= 0.3 is 0 Å². The number of hydrogen-bond donors (Lipinski definition) is 2. The van der Waals surface area contributed by atoms with Gasteiger partial charge in [0.25, 0.3) is 0 Å². The largest absolute Gasteiger partial charge is 0.493 e. The van der Waals surface area contributed by atoms with Gasteiger partial charge in [0.05, 0.1) is 19.8 Å². The van der Waals surface area contributed by atoms with E-state index in [1.165, 1.54) is 0 Å². The monoisotopic (exact) mass is 473 g/mol. The lowest BCUT2D eigenvalue weighted by Crippen LogP contribution is -2.23. The van der Waals surface area contributed by atoms with Crippen LogP contribution in [0.5, 0.6) is 5.75 Å². The Morgan fingerprint density at radius 2 is 2.12 bits per heavy atom. The van der Waals surface area contributed by atoms with E-state index in [0.717, 1.165) is 34.5 Å². The van der Waals surface area contributed by atoms with Crippen molar-refractivity contribution < 1.29 is 9.47 Å². The lowest BCUT2D eigenvalue weighted by molar-refractivity contribution is 0.185. The van der Waals surface area contributed by atoms with Crippen molar-refractivity contribution in [2.75, 3.05) is 19.0 Å². The molecule has 25 heavy (non-hydrogen) atoms. The standard InChI is InChI=1S/C18H20ClN3O2.HI/c1-23-11-13-4-2-3-5-16(13)22-18(20)21-10-14-9-15(19)8-12-6-7-24-17(12)14;/h2-5,8-9H,6-7,10-11H2,1H3,(H3,20,21,22);1H. The van der Waals surface area contributed by atoms with Gasteiger partial charge in [-0.3, -0.25) is 0 Å². The van der Waals surface area contributed by atoms with Crippen molar-refractivity contribution in [1.29, 1.82) is 0 Å². The lowest BCUT2D eigenvalue weighted by Gasteiger charge is -2.11. The van der Waals surface area contributed by atoms with E-state index < -0.39 is 0 Å². The van der Waals surface area contributed by atoms with E-state index in [1.807, 2.05) is 36.4 Å². The molecule has 134 valence electrons. The molecule has 0 unspecified atom stereocenters. The molecule has 0 spiro atoms. The Morgan fingerprint density at radius 1 is 1.32 bits per heavy atom. The molecule has 0 fully saturated rings. The summed E-state index contributed by atoms with van der Waals surface area (Å²) in [6.07, 6.45) is 0.880. The van der Waals surface area contributed by atoms with Crippen LogP contribution in [0.15, 0.2) is 41.4 Å². The molecule has 7 heteroatoms. The summed E-state index contributed by atoms with van der Waals surface area (Å²) >= 11 is 6.16. The molecule has 0 aliphatic carbocycles. The Hall–Kier alpha value is -1.51. The van der Waals surface area contributed by atoms with Crippen molar-refractivity contribution in [1.82, 2.24) is 0 Å². The molecule has 1 aliphatic rings. The van der Waals surface area contributed by atoms with Gasteiger partial charge in [-0.25, -0.2) is 4.99 Å². The number of hydrogen-bond acceptors (Lipinski definition) is 3. The number of halogens is 2. The first kappa shape index (κ1) is 19.8. The molecule has 0 amide bonds. The number of fused-ring (bicyclic) bond motifs is 1. The highest BCUT2D eigenvalue weighted by molar-refractivity contribution is 14.0.